The molecule has 132 valence electrons. The molecular weight excluding hydrogens is 302 g/mol. The zero-order valence-corrected chi connectivity index (χ0v) is 14.7. The summed E-state index contributed by atoms with van der Waals surface area (Å²) in [5, 5.41) is 3.13. The fourth-order valence-corrected chi connectivity index (χ4v) is 3.63. The van der Waals surface area contributed by atoms with Crippen LogP contribution >= 0.6 is 0 Å². The van der Waals surface area contributed by atoms with Crippen LogP contribution in [0.4, 0.5) is 5.95 Å². The molecule has 1 amide bonds. The fraction of sp³-hybridized carbons (Fsp3) is 0.722. The molecule has 0 bridgehead atoms. The Kier molecular flexibility index (Phi) is 6.01. The molecule has 0 aromatic carbocycles. The molecular formula is C18H29N5O. The lowest BCUT2D eigenvalue weighted by Gasteiger charge is -2.32. The number of aromatic nitrogens is 2. The summed E-state index contributed by atoms with van der Waals surface area (Å²) >= 11 is 0. The van der Waals surface area contributed by atoms with Crippen molar-refractivity contribution in [2.45, 2.75) is 39.0 Å². The van der Waals surface area contributed by atoms with E-state index in [2.05, 4.69) is 25.1 Å². The molecule has 6 nitrogen and oxygen atoms in total. The second-order valence-corrected chi connectivity index (χ2v) is 6.98. The van der Waals surface area contributed by atoms with E-state index in [0.717, 1.165) is 57.1 Å². The van der Waals surface area contributed by atoms with Crippen molar-refractivity contribution in [3.63, 3.8) is 0 Å². The molecule has 0 saturated carbocycles. The van der Waals surface area contributed by atoms with E-state index in [4.69, 9.17) is 0 Å². The molecule has 3 heterocycles. The summed E-state index contributed by atoms with van der Waals surface area (Å²) in [6, 6.07) is 1.90. The minimum atomic E-state index is 0.0506. The number of likely N-dealkylation sites (tertiary alicyclic amines) is 1. The van der Waals surface area contributed by atoms with Gasteiger partial charge < -0.3 is 15.1 Å². The van der Waals surface area contributed by atoms with Gasteiger partial charge in [0, 0.05) is 31.5 Å². The maximum Gasteiger partial charge on any atom is 0.225 e. The van der Waals surface area contributed by atoms with Crippen LogP contribution in [0, 0.1) is 12.8 Å². The Balaban J connectivity index is 1.42. The first-order valence-corrected chi connectivity index (χ1v) is 9.27. The number of nitrogens with zero attached hydrogens (tertiary/aromatic N) is 4. The molecule has 3 rings (SSSR count). The highest BCUT2D eigenvalue weighted by molar-refractivity contribution is 5.79. The molecule has 0 radical (unpaired) electrons. The van der Waals surface area contributed by atoms with E-state index >= 15 is 0 Å². The van der Waals surface area contributed by atoms with Crippen LogP contribution in [0.25, 0.3) is 0 Å². The first-order chi connectivity index (χ1) is 11.7. The zero-order chi connectivity index (χ0) is 16.8. The van der Waals surface area contributed by atoms with Gasteiger partial charge >= 0.3 is 0 Å². The van der Waals surface area contributed by atoms with Crippen molar-refractivity contribution in [2.75, 3.05) is 44.2 Å². The average Bonchev–Trinajstić information content (AvgIpc) is 3.12. The summed E-state index contributed by atoms with van der Waals surface area (Å²) in [7, 11) is 0. The molecule has 1 aromatic heterocycles. The third-order valence-electron chi connectivity index (χ3n) is 5.01. The molecule has 1 unspecified atom stereocenters. The molecule has 1 N–H and O–H groups in total. The summed E-state index contributed by atoms with van der Waals surface area (Å²) in [4.78, 5) is 25.9. The van der Waals surface area contributed by atoms with Crippen LogP contribution in [0.15, 0.2) is 12.3 Å². The Labute approximate surface area is 144 Å². The smallest absolute Gasteiger partial charge is 0.225 e. The topological polar surface area (TPSA) is 61.4 Å². The highest BCUT2D eigenvalue weighted by Gasteiger charge is 2.26. The summed E-state index contributed by atoms with van der Waals surface area (Å²) in [6.07, 6.45) is 7.46. The number of nitrogens with one attached hydrogen (secondary N) is 1. The predicted molar refractivity (Wildman–Crippen MR) is 95.0 cm³/mol. The standard InChI is InChI=1S/C18H29N5O/c1-15-7-9-20-18(21-15)23-13-4-6-16(14-23)17(24)19-8-5-12-22-10-2-3-11-22/h7,9,16H,2-6,8,10-14H2,1H3,(H,19,24). The van der Waals surface area contributed by atoms with Crippen molar-refractivity contribution in [1.29, 1.82) is 0 Å². The number of hydrogen-bond donors (Lipinski definition) is 1. The zero-order valence-electron chi connectivity index (χ0n) is 14.7. The largest absolute Gasteiger partial charge is 0.356 e. The van der Waals surface area contributed by atoms with Gasteiger partial charge in [-0.15, -0.1) is 0 Å². The minimum absolute atomic E-state index is 0.0506. The minimum Gasteiger partial charge on any atom is -0.356 e. The molecule has 2 aliphatic rings. The van der Waals surface area contributed by atoms with Crippen LogP contribution in [0.2, 0.25) is 0 Å². The first kappa shape index (κ1) is 17.1. The summed E-state index contributed by atoms with van der Waals surface area (Å²) in [5.41, 5.74) is 0.966. The number of hydrogen-bond acceptors (Lipinski definition) is 5. The van der Waals surface area contributed by atoms with Gasteiger partial charge in [0.15, 0.2) is 0 Å². The number of amides is 1. The van der Waals surface area contributed by atoms with Crippen molar-refractivity contribution in [3.05, 3.63) is 18.0 Å². The quantitative estimate of drug-likeness (QED) is 0.803. The van der Waals surface area contributed by atoms with Gasteiger partial charge in [0.05, 0.1) is 5.92 Å². The van der Waals surface area contributed by atoms with Crippen molar-refractivity contribution >= 4 is 11.9 Å². The third-order valence-corrected chi connectivity index (χ3v) is 5.01. The van der Waals surface area contributed by atoms with Gasteiger partial charge in [0.2, 0.25) is 11.9 Å². The van der Waals surface area contributed by atoms with Crippen molar-refractivity contribution in [3.8, 4) is 0 Å². The molecule has 0 spiro atoms. The van der Waals surface area contributed by atoms with Crippen LogP contribution in [0.1, 0.15) is 37.8 Å². The second kappa shape index (κ2) is 8.42. The lowest BCUT2D eigenvalue weighted by molar-refractivity contribution is -0.125. The van der Waals surface area contributed by atoms with Gasteiger partial charge in [0.1, 0.15) is 0 Å². The molecule has 1 aromatic rings. The SMILES string of the molecule is Cc1ccnc(N2CCCC(C(=O)NCCCN3CCCC3)C2)n1. The normalized spacial score (nSPS) is 21.9. The Hall–Kier alpha value is -1.69. The maximum atomic E-state index is 12.4. The van der Waals surface area contributed by atoms with E-state index in [0.29, 0.717) is 0 Å². The van der Waals surface area contributed by atoms with Gasteiger partial charge in [-0.2, -0.15) is 0 Å². The van der Waals surface area contributed by atoms with Crippen LogP contribution < -0.4 is 10.2 Å². The van der Waals surface area contributed by atoms with Crippen molar-refractivity contribution in [2.24, 2.45) is 5.92 Å². The molecule has 24 heavy (non-hydrogen) atoms. The highest BCUT2D eigenvalue weighted by Crippen LogP contribution is 2.20. The first-order valence-electron chi connectivity index (χ1n) is 9.27. The van der Waals surface area contributed by atoms with Gasteiger partial charge in [-0.3, -0.25) is 4.79 Å². The van der Waals surface area contributed by atoms with Crippen LogP contribution in [-0.4, -0.2) is 60.0 Å². The Morgan fingerprint density at radius 2 is 2.12 bits per heavy atom. The van der Waals surface area contributed by atoms with E-state index in [1.807, 2.05) is 13.0 Å². The van der Waals surface area contributed by atoms with E-state index in [1.165, 1.54) is 25.9 Å². The monoisotopic (exact) mass is 331 g/mol. The summed E-state index contributed by atoms with van der Waals surface area (Å²) < 4.78 is 0. The molecule has 1 atom stereocenters. The number of aryl methyl sites for hydroxylation is 1. The molecule has 2 saturated heterocycles. The van der Waals surface area contributed by atoms with Crippen molar-refractivity contribution in [1.82, 2.24) is 20.2 Å². The van der Waals surface area contributed by atoms with Gasteiger partial charge in [0.25, 0.3) is 0 Å². The van der Waals surface area contributed by atoms with E-state index in [9.17, 15) is 4.79 Å². The van der Waals surface area contributed by atoms with E-state index in [1.54, 1.807) is 6.20 Å². The highest BCUT2D eigenvalue weighted by atomic mass is 16.1. The van der Waals surface area contributed by atoms with Crippen LogP contribution in [0.3, 0.4) is 0 Å². The number of carbonyl (C=O) groups is 1. The average molecular weight is 331 g/mol. The van der Waals surface area contributed by atoms with Gasteiger partial charge in [-0.25, -0.2) is 9.97 Å². The molecule has 2 fully saturated rings. The van der Waals surface area contributed by atoms with Gasteiger partial charge in [-0.05, 0) is 64.7 Å². The predicted octanol–water partition coefficient (Wildman–Crippen LogP) is 1.60. The molecule has 6 heteroatoms. The van der Waals surface area contributed by atoms with E-state index < -0.39 is 0 Å². The lowest BCUT2D eigenvalue weighted by Crippen LogP contribution is -2.44. The Morgan fingerprint density at radius 3 is 2.92 bits per heavy atom. The van der Waals surface area contributed by atoms with Gasteiger partial charge in [-0.1, -0.05) is 0 Å². The van der Waals surface area contributed by atoms with Crippen molar-refractivity contribution < 1.29 is 4.79 Å². The number of rotatable bonds is 6. The summed E-state index contributed by atoms with van der Waals surface area (Å²) in [5.74, 6) is 0.991. The number of anilines is 1. The van der Waals surface area contributed by atoms with Crippen LogP contribution in [0.5, 0.6) is 0 Å². The third kappa shape index (κ3) is 4.66. The second-order valence-electron chi connectivity index (χ2n) is 6.98. The van der Waals surface area contributed by atoms with E-state index in [-0.39, 0.29) is 11.8 Å². The van der Waals surface area contributed by atoms with Crippen LogP contribution in [-0.2, 0) is 4.79 Å². The summed E-state index contributed by atoms with van der Waals surface area (Å²) in [6.45, 7) is 7.97. The number of carbonyl (C=O) groups excluding carboxylic acids is 1. The lowest BCUT2D eigenvalue weighted by atomic mass is 9.97. The Bertz CT molecular complexity index is 544. The molecule has 2 aliphatic heterocycles. The maximum absolute atomic E-state index is 12.4. The Morgan fingerprint density at radius 1 is 1.29 bits per heavy atom. The molecule has 0 aliphatic carbocycles. The number of piperidine rings is 1. The fourth-order valence-electron chi connectivity index (χ4n) is 3.63.